The molecule has 0 unspecified atom stereocenters. The molecule has 138 valence electrons. The van der Waals surface area contributed by atoms with Gasteiger partial charge in [-0.3, -0.25) is 9.78 Å². The third-order valence-corrected chi connectivity index (χ3v) is 3.90. The van der Waals surface area contributed by atoms with Gasteiger partial charge >= 0.3 is 5.97 Å². The van der Waals surface area contributed by atoms with E-state index in [9.17, 15) is 18.4 Å². The number of fused-ring (bicyclic) bond motifs is 1. The fraction of sp³-hybridized carbons (Fsp3) is 0.158. The van der Waals surface area contributed by atoms with Crippen molar-refractivity contribution in [1.82, 2.24) is 15.3 Å². The molecule has 3 aromatic rings. The molecular formula is C19H15F2N3O3. The molecule has 0 spiro atoms. The van der Waals surface area contributed by atoms with E-state index in [4.69, 9.17) is 4.74 Å². The molecule has 3 rings (SSSR count). The van der Waals surface area contributed by atoms with E-state index >= 15 is 0 Å². The van der Waals surface area contributed by atoms with Crippen LogP contribution >= 0.6 is 0 Å². The predicted molar refractivity (Wildman–Crippen MR) is 92.9 cm³/mol. The number of esters is 1. The average molecular weight is 371 g/mol. The molecule has 2 aromatic carbocycles. The minimum Gasteiger partial charge on any atom is -0.467 e. The molecule has 1 amide bonds. The molecule has 0 aliphatic heterocycles. The van der Waals surface area contributed by atoms with Crippen LogP contribution < -0.4 is 5.32 Å². The monoisotopic (exact) mass is 371 g/mol. The van der Waals surface area contributed by atoms with Gasteiger partial charge in [-0.1, -0.05) is 18.2 Å². The van der Waals surface area contributed by atoms with E-state index in [0.717, 1.165) is 19.2 Å². The van der Waals surface area contributed by atoms with Gasteiger partial charge in [-0.05, 0) is 24.3 Å². The summed E-state index contributed by atoms with van der Waals surface area (Å²) in [6, 6.07) is 9.26. The Morgan fingerprint density at radius 3 is 2.59 bits per heavy atom. The molecule has 1 atom stereocenters. The number of hydrogen-bond acceptors (Lipinski definition) is 5. The molecule has 8 heteroatoms. The van der Waals surface area contributed by atoms with E-state index < -0.39 is 35.1 Å². The first kappa shape index (κ1) is 18.4. The summed E-state index contributed by atoms with van der Waals surface area (Å²) in [6.45, 7) is 0. The topological polar surface area (TPSA) is 81.2 Å². The number of carbonyl (C=O) groups excluding carboxylic acids is 2. The highest BCUT2D eigenvalue weighted by atomic mass is 19.2. The smallest absolute Gasteiger partial charge is 0.328 e. The van der Waals surface area contributed by atoms with Crippen molar-refractivity contribution in [2.24, 2.45) is 0 Å². The first-order valence-corrected chi connectivity index (χ1v) is 8.03. The van der Waals surface area contributed by atoms with Crippen molar-refractivity contribution in [2.45, 2.75) is 12.5 Å². The number of nitrogens with one attached hydrogen (secondary N) is 1. The van der Waals surface area contributed by atoms with Crippen LogP contribution in [0.25, 0.3) is 11.0 Å². The molecule has 0 bridgehead atoms. The van der Waals surface area contributed by atoms with Crippen LogP contribution in [0.15, 0.2) is 48.7 Å². The van der Waals surface area contributed by atoms with Crippen molar-refractivity contribution < 1.29 is 23.1 Å². The summed E-state index contributed by atoms with van der Waals surface area (Å²) in [7, 11) is 1.16. The van der Waals surface area contributed by atoms with Crippen molar-refractivity contribution >= 4 is 22.9 Å². The van der Waals surface area contributed by atoms with Gasteiger partial charge in [-0.2, -0.15) is 0 Å². The normalized spacial score (nSPS) is 11.8. The molecular weight excluding hydrogens is 356 g/mol. The number of rotatable bonds is 5. The van der Waals surface area contributed by atoms with Crippen LogP contribution in [0.4, 0.5) is 8.78 Å². The Balaban J connectivity index is 1.84. The summed E-state index contributed by atoms with van der Waals surface area (Å²) in [4.78, 5) is 33.0. The minimum atomic E-state index is -1.29. The molecule has 1 N–H and O–H groups in total. The van der Waals surface area contributed by atoms with Gasteiger partial charge in [-0.15, -0.1) is 0 Å². The van der Waals surface area contributed by atoms with E-state index in [1.807, 2.05) is 6.07 Å². The third-order valence-electron chi connectivity index (χ3n) is 3.90. The lowest BCUT2D eigenvalue weighted by atomic mass is 10.1. The van der Waals surface area contributed by atoms with Gasteiger partial charge in [0.05, 0.1) is 29.4 Å². The summed E-state index contributed by atoms with van der Waals surface area (Å²) in [5.74, 6) is -4.12. The van der Waals surface area contributed by atoms with E-state index in [2.05, 4.69) is 15.3 Å². The van der Waals surface area contributed by atoms with Gasteiger partial charge in [0, 0.05) is 12.6 Å². The quantitative estimate of drug-likeness (QED) is 0.697. The summed E-state index contributed by atoms with van der Waals surface area (Å²) < 4.78 is 31.8. The predicted octanol–water partition coefficient (Wildman–Crippen LogP) is 2.42. The van der Waals surface area contributed by atoms with Crippen LogP contribution in [0.2, 0.25) is 0 Å². The maximum Gasteiger partial charge on any atom is 0.328 e. The highest BCUT2D eigenvalue weighted by molar-refractivity contribution is 5.97. The van der Waals surface area contributed by atoms with Gasteiger partial charge in [0.15, 0.2) is 11.6 Å². The second-order valence-electron chi connectivity index (χ2n) is 5.70. The van der Waals surface area contributed by atoms with E-state index in [-0.39, 0.29) is 6.42 Å². The molecule has 0 radical (unpaired) electrons. The Hall–Kier alpha value is -3.42. The number of methoxy groups -OCH3 is 1. The van der Waals surface area contributed by atoms with Crippen LogP contribution in [0.5, 0.6) is 0 Å². The SMILES string of the molecule is COC(=O)[C@H](Cc1cnc2ccccc2n1)NC(=O)c1cccc(F)c1F. The fourth-order valence-electron chi connectivity index (χ4n) is 2.55. The number of hydrogen-bond donors (Lipinski definition) is 1. The Morgan fingerprint density at radius 2 is 1.85 bits per heavy atom. The van der Waals surface area contributed by atoms with E-state index in [1.165, 1.54) is 12.3 Å². The Kier molecular flexibility index (Phi) is 5.35. The number of halogens is 2. The summed E-state index contributed by atoms with van der Waals surface area (Å²) in [5.41, 5.74) is 1.24. The number of amides is 1. The molecule has 0 saturated carbocycles. The minimum absolute atomic E-state index is 0.0207. The lowest BCUT2D eigenvalue weighted by molar-refractivity contribution is -0.142. The highest BCUT2D eigenvalue weighted by Gasteiger charge is 2.25. The second kappa shape index (κ2) is 7.86. The van der Waals surface area contributed by atoms with Gasteiger partial charge in [0.2, 0.25) is 0 Å². The molecule has 6 nitrogen and oxygen atoms in total. The van der Waals surface area contributed by atoms with Gasteiger partial charge in [0.25, 0.3) is 5.91 Å². The average Bonchev–Trinajstić information content (AvgIpc) is 2.68. The maximum atomic E-state index is 13.8. The molecule has 1 heterocycles. The Morgan fingerprint density at radius 1 is 1.11 bits per heavy atom. The molecule has 0 fully saturated rings. The number of ether oxygens (including phenoxy) is 1. The zero-order valence-corrected chi connectivity index (χ0v) is 14.3. The molecule has 0 saturated heterocycles. The maximum absolute atomic E-state index is 13.8. The number of para-hydroxylation sites is 2. The van der Waals surface area contributed by atoms with Crippen molar-refractivity contribution in [3.8, 4) is 0 Å². The van der Waals surface area contributed by atoms with Gasteiger partial charge in [0.1, 0.15) is 6.04 Å². The third kappa shape index (κ3) is 4.05. The van der Waals surface area contributed by atoms with Crippen molar-refractivity contribution in [2.75, 3.05) is 7.11 Å². The molecule has 0 aliphatic rings. The van der Waals surface area contributed by atoms with Gasteiger partial charge < -0.3 is 10.1 Å². The number of nitrogens with zero attached hydrogens (tertiary/aromatic N) is 2. The Bertz CT molecular complexity index is 1010. The van der Waals surface area contributed by atoms with Crippen LogP contribution in [0.3, 0.4) is 0 Å². The zero-order valence-electron chi connectivity index (χ0n) is 14.3. The van der Waals surface area contributed by atoms with Crippen molar-refractivity contribution in [3.05, 3.63) is 71.6 Å². The number of carbonyl (C=O) groups is 2. The van der Waals surface area contributed by atoms with Gasteiger partial charge in [-0.25, -0.2) is 18.6 Å². The lowest BCUT2D eigenvalue weighted by Crippen LogP contribution is -2.43. The van der Waals surface area contributed by atoms with Crippen molar-refractivity contribution in [3.63, 3.8) is 0 Å². The largest absolute Gasteiger partial charge is 0.467 e. The molecule has 0 aliphatic carbocycles. The second-order valence-corrected chi connectivity index (χ2v) is 5.70. The highest BCUT2D eigenvalue weighted by Crippen LogP contribution is 2.13. The molecule has 27 heavy (non-hydrogen) atoms. The van der Waals surface area contributed by atoms with Crippen LogP contribution in [0, 0.1) is 11.6 Å². The summed E-state index contributed by atoms with van der Waals surface area (Å²) >= 11 is 0. The van der Waals surface area contributed by atoms with Crippen LogP contribution in [-0.2, 0) is 16.0 Å². The molecule has 1 aromatic heterocycles. The number of aromatic nitrogens is 2. The van der Waals surface area contributed by atoms with E-state index in [0.29, 0.717) is 16.7 Å². The summed E-state index contributed by atoms with van der Waals surface area (Å²) in [5, 5.41) is 2.36. The van der Waals surface area contributed by atoms with E-state index in [1.54, 1.807) is 18.2 Å². The van der Waals surface area contributed by atoms with Crippen LogP contribution in [-0.4, -0.2) is 35.0 Å². The van der Waals surface area contributed by atoms with Crippen LogP contribution in [0.1, 0.15) is 16.1 Å². The Labute approximate surface area is 153 Å². The van der Waals surface area contributed by atoms with Crippen molar-refractivity contribution in [1.29, 1.82) is 0 Å². The standard InChI is InChI=1S/C19H15F2N3O3/c1-27-19(26)16(24-18(25)12-5-4-6-13(20)17(12)21)9-11-10-22-14-7-2-3-8-15(14)23-11/h2-8,10,16H,9H2,1H3,(H,24,25)/t16-/m0/s1. The fourth-order valence-corrected chi connectivity index (χ4v) is 2.55. The summed E-state index contributed by atoms with van der Waals surface area (Å²) in [6.07, 6.45) is 1.46. The number of benzene rings is 2. The zero-order chi connectivity index (χ0) is 19.4. The first-order valence-electron chi connectivity index (χ1n) is 8.03. The first-order chi connectivity index (χ1) is 13.0. The lowest BCUT2D eigenvalue weighted by Gasteiger charge is -2.16.